The molecular weight excluding hydrogens is 174 g/mol. The summed E-state index contributed by atoms with van der Waals surface area (Å²) >= 11 is 0. The fraction of sp³-hybridized carbons (Fsp3) is 0.667. The zero-order valence-corrected chi connectivity index (χ0v) is 8.83. The van der Waals surface area contributed by atoms with Crippen LogP contribution in [0.1, 0.15) is 44.4 Å². The Bertz CT molecular complexity index is 249. The lowest BCUT2D eigenvalue weighted by Gasteiger charge is -2.14. The fourth-order valence-electron chi connectivity index (χ4n) is 2.20. The Labute approximate surface area is 85.7 Å². The zero-order chi connectivity index (χ0) is 9.80. The molecule has 1 N–H and O–H groups in total. The Morgan fingerprint density at radius 1 is 1.50 bits per heavy atom. The molecule has 2 heteroatoms. The minimum atomic E-state index is 0.352. The van der Waals surface area contributed by atoms with Gasteiger partial charge in [0.1, 0.15) is 5.76 Å². The molecule has 1 fully saturated rings. The highest BCUT2D eigenvalue weighted by molar-refractivity contribution is 5.02. The Balaban J connectivity index is 1.74. The molecule has 1 atom stereocenters. The van der Waals surface area contributed by atoms with E-state index in [0.717, 1.165) is 18.2 Å². The second-order valence-corrected chi connectivity index (χ2v) is 4.30. The third-order valence-electron chi connectivity index (χ3n) is 3.16. The SMILES string of the molecule is C[C@H](NCC1CCCC1)c1ccco1. The first-order valence-electron chi connectivity index (χ1n) is 5.63. The zero-order valence-electron chi connectivity index (χ0n) is 8.83. The summed E-state index contributed by atoms with van der Waals surface area (Å²) in [4.78, 5) is 0. The van der Waals surface area contributed by atoms with Crippen molar-refractivity contribution >= 4 is 0 Å². The standard InChI is InChI=1S/C12H19NO/c1-10(12-7-4-8-14-12)13-9-11-5-2-3-6-11/h4,7-8,10-11,13H,2-3,5-6,9H2,1H3/t10-/m0/s1. The van der Waals surface area contributed by atoms with Gasteiger partial charge in [0.2, 0.25) is 0 Å². The van der Waals surface area contributed by atoms with Crippen LogP contribution in [-0.4, -0.2) is 6.54 Å². The van der Waals surface area contributed by atoms with E-state index in [1.807, 2.05) is 12.1 Å². The van der Waals surface area contributed by atoms with Crippen LogP contribution in [0.5, 0.6) is 0 Å². The van der Waals surface area contributed by atoms with Gasteiger partial charge in [-0.05, 0) is 44.4 Å². The Kier molecular flexibility index (Phi) is 3.25. The van der Waals surface area contributed by atoms with Crippen molar-refractivity contribution in [3.8, 4) is 0 Å². The van der Waals surface area contributed by atoms with E-state index in [0.29, 0.717) is 6.04 Å². The van der Waals surface area contributed by atoms with Crippen LogP contribution in [0.2, 0.25) is 0 Å². The largest absolute Gasteiger partial charge is 0.468 e. The van der Waals surface area contributed by atoms with E-state index in [9.17, 15) is 0 Å². The lowest BCUT2D eigenvalue weighted by atomic mass is 10.1. The van der Waals surface area contributed by atoms with Gasteiger partial charge in [0.25, 0.3) is 0 Å². The third kappa shape index (κ3) is 2.38. The minimum Gasteiger partial charge on any atom is -0.468 e. The second-order valence-electron chi connectivity index (χ2n) is 4.30. The highest BCUT2D eigenvalue weighted by atomic mass is 16.3. The molecule has 0 aliphatic heterocycles. The van der Waals surface area contributed by atoms with Gasteiger partial charge < -0.3 is 9.73 Å². The van der Waals surface area contributed by atoms with Gasteiger partial charge in [-0.1, -0.05) is 12.8 Å². The van der Waals surface area contributed by atoms with Crippen molar-refractivity contribution in [1.82, 2.24) is 5.32 Å². The summed E-state index contributed by atoms with van der Waals surface area (Å²) in [6.45, 7) is 3.30. The highest BCUT2D eigenvalue weighted by Gasteiger charge is 2.16. The fourth-order valence-corrected chi connectivity index (χ4v) is 2.20. The molecule has 2 nitrogen and oxygen atoms in total. The molecule has 1 saturated carbocycles. The van der Waals surface area contributed by atoms with Crippen LogP contribution < -0.4 is 5.32 Å². The topological polar surface area (TPSA) is 25.2 Å². The van der Waals surface area contributed by atoms with Crippen molar-refractivity contribution in [3.63, 3.8) is 0 Å². The van der Waals surface area contributed by atoms with Gasteiger partial charge >= 0.3 is 0 Å². The van der Waals surface area contributed by atoms with E-state index in [4.69, 9.17) is 4.42 Å². The average Bonchev–Trinajstić information content (AvgIpc) is 2.87. The maximum Gasteiger partial charge on any atom is 0.120 e. The molecule has 1 aliphatic carbocycles. The van der Waals surface area contributed by atoms with Crippen LogP contribution in [0.25, 0.3) is 0 Å². The van der Waals surface area contributed by atoms with Gasteiger partial charge in [0, 0.05) is 0 Å². The monoisotopic (exact) mass is 193 g/mol. The van der Waals surface area contributed by atoms with Gasteiger partial charge in [-0.15, -0.1) is 0 Å². The molecule has 2 rings (SSSR count). The number of hydrogen-bond acceptors (Lipinski definition) is 2. The minimum absolute atomic E-state index is 0.352. The molecule has 14 heavy (non-hydrogen) atoms. The van der Waals surface area contributed by atoms with E-state index < -0.39 is 0 Å². The van der Waals surface area contributed by atoms with Crippen LogP contribution in [-0.2, 0) is 0 Å². The first-order valence-corrected chi connectivity index (χ1v) is 5.63. The smallest absolute Gasteiger partial charge is 0.120 e. The predicted molar refractivity (Wildman–Crippen MR) is 57.1 cm³/mol. The molecule has 1 aromatic heterocycles. The molecular formula is C12H19NO. The molecule has 1 aliphatic rings. The summed E-state index contributed by atoms with van der Waals surface area (Å²) in [6, 6.07) is 4.33. The lowest BCUT2D eigenvalue weighted by molar-refractivity contribution is 0.396. The molecule has 1 heterocycles. The summed E-state index contributed by atoms with van der Waals surface area (Å²) in [5.74, 6) is 1.94. The maximum atomic E-state index is 5.35. The number of rotatable bonds is 4. The van der Waals surface area contributed by atoms with E-state index in [1.54, 1.807) is 6.26 Å². The molecule has 78 valence electrons. The Hall–Kier alpha value is -0.760. The van der Waals surface area contributed by atoms with Crippen LogP contribution >= 0.6 is 0 Å². The van der Waals surface area contributed by atoms with Crippen LogP contribution in [0.4, 0.5) is 0 Å². The van der Waals surface area contributed by atoms with Gasteiger partial charge in [0.05, 0.1) is 12.3 Å². The first kappa shape index (κ1) is 9.78. The van der Waals surface area contributed by atoms with E-state index in [-0.39, 0.29) is 0 Å². The van der Waals surface area contributed by atoms with Gasteiger partial charge in [-0.25, -0.2) is 0 Å². The van der Waals surface area contributed by atoms with Crippen molar-refractivity contribution in [3.05, 3.63) is 24.2 Å². The maximum absolute atomic E-state index is 5.35. The second kappa shape index (κ2) is 4.65. The predicted octanol–water partition coefficient (Wildman–Crippen LogP) is 3.12. The molecule has 0 spiro atoms. The van der Waals surface area contributed by atoms with Gasteiger partial charge in [-0.3, -0.25) is 0 Å². The van der Waals surface area contributed by atoms with Crippen LogP contribution in [0.15, 0.2) is 22.8 Å². The normalized spacial score (nSPS) is 20.1. The van der Waals surface area contributed by atoms with Gasteiger partial charge in [0.15, 0.2) is 0 Å². The van der Waals surface area contributed by atoms with Crippen molar-refractivity contribution in [2.24, 2.45) is 5.92 Å². The Morgan fingerprint density at radius 3 is 2.93 bits per heavy atom. The van der Waals surface area contributed by atoms with Crippen LogP contribution in [0, 0.1) is 5.92 Å². The molecule has 0 radical (unpaired) electrons. The molecule has 0 aromatic carbocycles. The van der Waals surface area contributed by atoms with Crippen molar-refractivity contribution in [2.75, 3.05) is 6.54 Å². The number of nitrogens with one attached hydrogen (secondary N) is 1. The lowest BCUT2D eigenvalue weighted by Crippen LogP contribution is -2.24. The van der Waals surface area contributed by atoms with Crippen molar-refractivity contribution in [2.45, 2.75) is 38.6 Å². The summed E-state index contributed by atoms with van der Waals surface area (Å²) in [6.07, 6.45) is 7.38. The van der Waals surface area contributed by atoms with E-state index >= 15 is 0 Å². The number of furan rings is 1. The first-order chi connectivity index (χ1) is 6.86. The molecule has 0 unspecified atom stereocenters. The Morgan fingerprint density at radius 2 is 2.29 bits per heavy atom. The molecule has 0 amide bonds. The van der Waals surface area contributed by atoms with Crippen molar-refractivity contribution < 1.29 is 4.42 Å². The molecule has 1 aromatic rings. The summed E-state index contributed by atoms with van der Waals surface area (Å²) in [5.41, 5.74) is 0. The van der Waals surface area contributed by atoms with Crippen molar-refractivity contribution in [1.29, 1.82) is 0 Å². The summed E-state index contributed by atoms with van der Waals surface area (Å²) in [5, 5.41) is 3.53. The van der Waals surface area contributed by atoms with E-state index in [1.165, 1.54) is 25.7 Å². The average molecular weight is 193 g/mol. The summed E-state index contributed by atoms with van der Waals surface area (Å²) < 4.78 is 5.35. The number of hydrogen-bond donors (Lipinski definition) is 1. The van der Waals surface area contributed by atoms with Crippen LogP contribution in [0.3, 0.4) is 0 Å². The molecule has 0 bridgehead atoms. The van der Waals surface area contributed by atoms with E-state index in [2.05, 4.69) is 12.2 Å². The molecule has 0 saturated heterocycles. The summed E-state index contributed by atoms with van der Waals surface area (Å²) in [7, 11) is 0. The third-order valence-corrected chi connectivity index (χ3v) is 3.16. The highest BCUT2D eigenvalue weighted by Crippen LogP contribution is 2.24. The quantitative estimate of drug-likeness (QED) is 0.794. The van der Waals surface area contributed by atoms with Gasteiger partial charge in [-0.2, -0.15) is 0 Å².